The maximum Gasteiger partial charge on any atom is 0.240 e. The Labute approximate surface area is 131 Å². The topological polar surface area (TPSA) is 75.4 Å². The number of sulfonamides is 1. The summed E-state index contributed by atoms with van der Waals surface area (Å²) in [5, 5.41) is 3.91. The largest absolute Gasteiger partial charge is 0.361 e. The average molecular weight is 323 g/mol. The first-order chi connectivity index (χ1) is 10.4. The molecule has 7 heteroatoms. The number of hydrogen-bond acceptors (Lipinski definition) is 5. The first-order valence-electron chi connectivity index (χ1n) is 7.04. The Morgan fingerprint density at radius 1 is 1.23 bits per heavy atom. The number of rotatable bonds is 7. The van der Waals surface area contributed by atoms with Crippen LogP contribution in [-0.4, -0.2) is 38.6 Å². The second-order valence-electron chi connectivity index (χ2n) is 5.38. The molecule has 2 rings (SSSR count). The molecule has 0 spiro atoms. The van der Waals surface area contributed by atoms with Crippen molar-refractivity contribution in [2.45, 2.75) is 25.3 Å². The monoisotopic (exact) mass is 323 g/mol. The van der Waals surface area contributed by atoms with Crippen molar-refractivity contribution in [3.8, 4) is 0 Å². The highest BCUT2D eigenvalue weighted by Gasteiger charge is 2.13. The van der Waals surface area contributed by atoms with E-state index in [9.17, 15) is 8.42 Å². The van der Waals surface area contributed by atoms with Crippen LogP contribution in [0.4, 0.5) is 0 Å². The highest BCUT2D eigenvalue weighted by Crippen LogP contribution is 2.09. The van der Waals surface area contributed by atoms with Gasteiger partial charge in [-0.3, -0.25) is 4.90 Å². The molecular weight excluding hydrogens is 302 g/mol. The molecule has 0 saturated heterocycles. The third kappa shape index (κ3) is 4.66. The predicted octanol–water partition coefficient (Wildman–Crippen LogP) is 1.70. The van der Waals surface area contributed by atoms with Gasteiger partial charge in [0.1, 0.15) is 5.76 Å². The Morgan fingerprint density at radius 2 is 1.91 bits per heavy atom. The number of aromatic nitrogens is 1. The number of aryl methyl sites for hydroxylation is 2. The fourth-order valence-corrected chi connectivity index (χ4v) is 3.04. The van der Waals surface area contributed by atoms with Crippen LogP contribution in [0.3, 0.4) is 0 Å². The van der Waals surface area contributed by atoms with Crippen molar-refractivity contribution in [2.75, 3.05) is 20.1 Å². The summed E-state index contributed by atoms with van der Waals surface area (Å²) in [6, 6.07) is 8.66. The molecule has 6 nitrogen and oxygen atoms in total. The number of nitrogens with one attached hydrogen (secondary N) is 1. The van der Waals surface area contributed by atoms with E-state index in [0.717, 1.165) is 17.0 Å². The van der Waals surface area contributed by atoms with E-state index < -0.39 is 10.0 Å². The van der Waals surface area contributed by atoms with Crippen LogP contribution in [0.1, 0.15) is 17.0 Å². The lowest BCUT2D eigenvalue weighted by molar-refractivity contribution is 0.313. The van der Waals surface area contributed by atoms with Crippen LogP contribution in [0.15, 0.2) is 39.8 Å². The summed E-state index contributed by atoms with van der Waals surface area (Å²) in [5.41, 5.74) is 1.86. The van der Waals surface area contributed by atoms with E-state index in [1.807, 2.05) is 31.9 Å². The first kappa shape index (κ1) is 16.7. The van der Waals surface area contributed by atoms with Crippen molar-refractivity contribution in [1.82, 2.24) is 14.8 Å². The summed E-state index contributed by atoms with van der Waals surface area (Å²) in [6.45, 7) is 5.29. The van der Waals surface area contributed by atoms with Gasteiger partial charge in [0.25, 0.3) is 0 Å². The van der Waals surface area contributed by atoms with Crippen molar-refractivity contribution in [3.05, 3.63) is 47.3 Å². The maximum absolute atomic E-state index is 12.1. The Balaban J connectivity index is 1.83. The molecule has 0 amide bonds. The second-order valence-corrected chi connectivity index (χ2v) is 7.14. The van der Waals surface area contributed by atoms with Gasteiger partial charge in [-0.15, -0.1) is 0 Å². The molecule has 22 heavy (non-hydrogen) atoms. The Bertz CT molecular complexity index is 708. The molecule has 1 aromatic carbocycles. The normalized spacial score (nSPS) is 12.0. The van der Waals surface area contributed by atoms with Gasteiger partial charge in [0.05, 0.1) is 10.6 Å². The van der Waals surface area contributed by atoms with E-state index >= 15 is 0 Å². The molecule has 0 fully saturated rings. The Morgan fingerprint density at radius 3 is 2.50 bits per heavy atom. The highest BCUT2D eigenvalue weighted by molar-refractivity contribution is 7.89. The molecule has 0 saturated carbocycles. The molecule has 0 aliphatic rings. The molecule has 1 N–H and O–H groups in total. The van der Waals surface area contributed by atoms with Crippen LogP contribution in [0.2, 0.25) is 0 Å². The highest BCUT2D eigenvalue weighted by atomic mass is 32.2. The Hall–Kier alpha value is -1.70. The third-order valence-electron chi connectivity index (χ3n) is 3.23. The quantitative estimate of drug-likeness (QED) is 0.839. The van der Waals surface area contributed by atoms with E-state index in [2.05, 4.69) is 9.88 Å². The van der Waals surface area contributed by atoms with Crippen molar-refractivity contribution in [3.63, 3.8) is 0 Å². The summed E-state index contributed by atoms with van der Waals surface area (Å²) in [7, 11) is -1.55. The number of nitrogens with zero attached hydrogens (tertiary/aromatic N) is 2. The lowest BCUT2D eigenvalue weighted by Gasteiger charge is -2.15. The maximum atomic E-state index is 12.1. The van der Waals surface area contributed by atoms with Gasteiger partial charge >= 0.3 is 0 Å². The van der Waals surface area contributed by atoms with E-state index in [0.29, 0.717) is 19.6 Å². The molecule has 2 aromatic rings. The molecular formula is C15H21N3O3S. The van der Waals surface area contributed by atoms with Gasteiger partial charge in [-0.1, -0.05) is 22.9 Å². The molecule has 1 aromatic heterocycles. The summed E-state index contributed by atoms with van der Waals surface area (Å²) in [4.78, 5) is 2.27. The first-order valence-corrected chi connectivity index (χ1v) is 8.52. The fourth-order valence-electron chi connectivity index (χ4n) is 2.02. The van der Waals surface area contributed by atoms with Crippen LogP contribution >= 0.6 is 0 Å². The van der Waals surface area contributed by atoms with Crippen LogP contribution < -0.4 is 4.72 Å². The van der Waals surface area contributed by atoms with Gasteiger partial charge in [-0.05, 0) is 33.0 Å². The van der Waals surface area contributed by atoms with Crippen molar-refractivity contribution in [1.29, 1.82) is 0 Å². The lowest BCUT2D eigenvalue weighted by Crippen LogP contribution is -2.32. The molecule has 0 bridgehead atoms. The summed E-state index contributed by atoms with van der Waals surface area (Å²) >= 11 is 0. The van der Waals surface area contributed by atoms with Crippen LogP contribution in [0.5, 0.6) is 0 Å². The fraction of sp³-hybridized carbons (Fsp3) is 0.400. The van der Waals surface area contributed by atoms with Gasteiger partial charge < -0.3 is 4.52 Å². The lowest BCUT2D eigenvalue weighted by atomic mass is 10.2. The van der Waals surface area contributed by atoms with E-state index in [1.165, 1.54) is 0 Å². The van der Waals surface area contributed by atoms with Gasteiger partial charge in [0.2, 0.25) is 10.0 Å². The number of benzene rings is 1. The molecule has 0 aliphatic carbocycles. The minimum atomic E-state index is -3.45. The average Bonchev–Trinajstić information content (AvgIpc) is 2.84. The van der Waals surface area contributed by atoms with Gasteiger partial charge in [-0.25, -0.2) is 13.1 Å². The van der Waals surface area contributed by atoms with Crippen molar-refractivity contribution < 1.29 is 12.9 Å². The third-order valence-corrected chi connectivity index (χ3v) is 4.70. The summed E-state index contributed by atoms with van der Waals surface area (Å²) < 4.78 is 31.9. The zero-order chi connectivity index (χ0) is 16.2. The van der Waals surface area contributed by atoms with Crippen molar-refractivity contribution >= 4 is 10.0 Å². The van der Waals surface area contributed by atoms with E-state index in [4.69, 9.17) is 4.52 Å². The van der Waals surface area contributed by atoms with Crippen LogP contribution in [-0.2, 0) is 16.6 Å². The van der Waals surface area contributed by atoms with E-state index in [1.54, 1.807) is 24.3 Å². The summed E-state index contributed by atoms with van der Waals surface area (Å²) in [5.74, 6) is 0.767. The van der Waals surface area contributed by atoms with Crippen LogP contribution in [0, 0.1) is 13.8 Å². The second kappa shape index (κ2) is 7.04. The molecule has 0 atom stereocenters. The smallest absolute Gasteiger partial charge is 0.240 e. The zero-order valence-corrected chi connectivity index (χ0v) is 13.9. The molecule has 120 valence electrons. The molecule has 0 aliphatic heterocycles. The standard InChI is InChI=1S/C15H21N3O3S/c1-12-4-6-15(7-5-12)22(19,20)16-8-9-18(3)11-14-10-13(2)21-17-14/h4-7,10,16H,8-9,11H2,1-3H3. The minimum absolute atomic E-state index is 0.285. The van der Waals surface area contributed by atoms with Gasteiger partial charge in [0, 0.05) is 25.7 Å². The predicted molar refractivity (Wildman–Crippen MR) is 83.9 cm³/mol. The minimum Gasteiger partial charge on any atom is -0.361 e. The number of hydrogen-bond donors (Lipinski definition) is 1. The van der Waals surface area contributed by atoms with E-state index in [-0.39, 0.29) is 4.90 Å². The SMILES string of the molecule is Cc1ccc(S(=O)(=O)NCCN(C)Cc2cc(C)on2)cc1. The van der Waals surface area contributed by atoms with Gasteiger partial charge in [-0.2, -0.15) is 0 Å². The van der Waals surface area contributed by atoms with Crippen LogP contribution in [0.25, 0.3) is 0 Å². The molecule has 0 unspecified atom stereocenters. The molecule has 1 heterocycles. The summed E-state index contributed by atoms with van der Waals surface area (Å²) in [6.07, 6.45) is 0. The van der Waals surface area contributed by atoms with Gasteiger partial charge in [0.15, 0.2) is 0 Å². The van der Waals surface area contributed by atoms with Crippen molar-refractivity contribution in [2.24, 2.45) is 0 Å². The molecule has 0 radical (unpaired) electrons. The Kier molecular flexibility index (Phi) is 5.33. The number of likely N-dealkylation sites (N-methyl/N-ethyl adjacent to an activating group) is 1. The zero-order valence-electron chi connectivity index (χ0n) is 13.0.